The summed E-state index contributed by atoms with van der Waals surface area (Å²) in [4.78, 5) is 12.0. The Morgan fingerprint density at radius 3 is 2.76 bits per heavy atom. The van der Waals surface area contributed by atoms with Crippen LogP contribution in [0.25, 0.3) is 10.1 Å². The minimum atomic E-state index is -0.917. The number of carboxylic acid groups (broad SMARTS) is 1. The van der Waals surface area contributed by atoms with Crippen LogP contribution in [0.15, 0.2) is 48.5 Å². The van der Waals surface area contributed by atoms with Crippen molar-refractivity contribution in [3.8, 4) is 5.75 Å². The molecule has 0 bridgehead atoms. The summed E-state index contributed by atoms with van der Waals surface area (Å²) in [5, 5.41) is 10.6. The third kappa shape index (κ3) is 3.01. The van der Waals surface area contributed by atoms with Gasteiger partial charge in [-0.25, -0.2) is 4.79 Å². The van der Waals surface area contributed by atoms with Gasteiger partial charge in [0.2, 0.25) is 0 Å². The van der Waals surface area contributed by atoms with Gasteiger partial charge >= 0.3 is 5.97 Å². The highest BCUT2D eigenvalue weighted by atomic mass is 35.5. The highest BCUT2D eigenvalue weighted by molar-refractivity contribution is 7.19. The fourth-order valence-corrected chi connectivity index (χ4v) is 3.21. The number of para-hydroxylation sites is 1. The number of hydrogen-bond acceptors (Lipinski definition) is 3. The smallest absolute Gasteiger partial charge is 0.335 e. The van der Waals surface area contributed by atoms with E-state index in [-0.39, 0.29) is 0 Å². The van der Waals surface area contributed by atoms with Crippen molar-refractivity contribution in [1.82, 2.24) is 0 Å². The summed E-state index contributed by atoms with van der Waals surface area (Å²) in [7, 11) is 0. The monoisotopic (exact) mass is 318 g/mol. The second-order valence-electron chi connectivity index (χ2n) is 4.49. The molecule has 0 spiro atoms. The topological polar surface area (TPSA) is 46.5 Å². The number of rotatable bonds is 4. The Kier molecular flexibility index (Phi) is 3.82. The maximum absolute atomic E-state index is 11.0. The van der Waals surface area contributed by atoms with Crippen molar-refractivity contribution in [2.75, 3.05) is 0 Å². The molecular weight excluding hydrogens is 308 g/mol. The van der Waals surface area contributed by atoms with E-state index in [1.54, 1.807) is 18.2 Å². The van der Waals surface area contributed by atoms with Gasteiger partial charge in [-0.2, -0.15) is 0 Å². The molecular formula is C16H11ClO3S. The van der Waals surface area contributed by atoms with Crippen molar-refractivity contribution < 1.29 is 14.6 Å². The Morgan fingerprint density at radius 2 is 2.00 bits per heavy atom. The first-order valence-corrected chi connectivity index (χ1v) is 7.46. The largest absolute Gasteiger partial charge is 0.487 e. The Balaban J connectivity index is 1.82. The maximum atomic E-state index is 11.0. The number of hydrogen-bond donors (Lipinski definition) is 1. The highest BCUT2D eigenvalue weighted by Crippen LogP contribution is 2.29. The van der Waals surface area contributed by atoms with E-state index in [0.29, 0.717) is 22.9 Å². The molecule has 5 heteroatoms. The zero-order chi connectivity index (χ0) is 14.8. The van der Waals surface area contributed by atoms with Crippen LogP contribution in [0, 0.1) is 0 Å². The molecule has 0 aliphatic carbocycles. The number of carboxylic acids is 1. The van der Waals surface area contributed by atoms with E-state index in [1.165, 1.54) is 11.3 Å². The molecule has 3 nitrogen and oxygen atoms in total. The van der Waals surface area contributed by atoms with E-state index in [4.69, 9.17) is 21.4 Å². The van der Waals surface area contributed by atoms with Gasteiger partial charge in [-0.15, -0.1) is 11.3 Å². The van der Waals surface area contributed by atoms with Crippen molar-refractivity contribution in [1.29, 1.82) is 0 Å². The van der Waals surface area contributed by atoms with Crippen molar-refractivity contribution in [2.45, 2.75) is 6.61 Å². The van der Waals surface area contributed by atoms with Crippen molar-refractivity contribution in [3.05, 3.63) is 64.0 Å². The van der Waals surface area contributed by atoms with Crippen molar-refractivity contribution in [3.63, 3.8) is 0 Å². The molecule has 21 heavy (non-hydrogen) atoms. The van der Waals surface area contributed by atoms with Crippen LogP contribution in [0.4, 0.5) is 0 Å². The average Bonchev–Trinajstić information content (AvgIpc) is 2.88. The SMILES string of the molecule is O=C(O)c1ccc2cc(COc3ccccc3Cl)sc2c1. The molecule has 0 saturated heterocycles. The van der Waals surface area contributed by atoms with Crippen molar-refractivity contribution >= 4 is 39.0 Å². The number of carbonyl (C=O) groups is 1. The minimum Gasteiger partial charge on any atom is -0.487 e. The van der Waals surface area contributed by atoms with Crippen LogP contribution >= 0.6 is 22.9 Å². The van der Waals surface area contributed by atoms with Crippen LogP contribution < -0.4 is 4.74 Å². The molecule has 0 aliphatic rings. The van der Waals surface area contributed by atoms with E-state index in [0.717, 1.165) is 15.0 Å². The number of benzene rings is 2. The van der Waals surface area contributed by atoms with E-state index in [1.807, 2.05) is 30.3 Å². The number of fused-ring (bicyclic) bond motifs is 1. The van der Waals surface area contributed by atoms with E-state index in [2.05, 4.69) is 0 Å². The number of aromatic carboxylic acids is 1. The number of ether oxygens (including phenoxy) is 1. The third-order valence-electron chi connectivity index (χ3n) is 3.02. The molecule has 2 aromatic carbocycles. The van der Waals surface area contributed by atoms with Gasteiger partial charge in [-0.1, -0.05) is 29.8 Å². The van der Waals surface area contributed by atoms with Gasteiger partial charge in [0.05, 0.1) is 10.6 Å². The third-order valence-corrected chi connectivity index (χ3v) is 4.41. The Hall–Kier alpha value is -2.04. The first-order chi connectivity index (χ1) is 10.1. The molecule has 1 heterocycles. The zero-order valence-electron chi connectivity index (χ0n) is 10.9. The summed E-state index contributed by atoms with van der Waals surface area (Å²) in [5.41, 5.74) is 0.294. The lowest BCUT2D eigenvalue weighted by atomic mass is 10.2. The molecule has 0 fully saturated rings. The standard InChI is InChI=1S/C16H11ClO3S/c17-13-3-1-2-4-14(13)20-9-12-7-10-5-6-11(16(18)19)8-15(10)21-12/h1-8H,9H2,(H,18,19). The van der Waals surface area contributed by atoms with E-state index < -0.39 is 5.97 Å². The number of halogens is 1. The van der Waals surface area contributed by atoms with Gasteiger partial charge in [0, 0.05) is 9.58 Å². The van der Waals surface area contributed by atoms with Gasteiger partial charge in [-0.05, 0) is 35.7 Å². The molecule has 3 rings (SSSR count). The summed E-state index contributed by atoms with van der Waals surface area (Å²) in [6.45, 7) is 0.408. The second-order valence-corrected chi connectivity index (χ2v) is 6.07. The fraction of sp³-hybridized carbons (Fsp3) is 0.0625. The summed E-state index contributed by atoms with van der Waals surface area (Å²) in [5.74, 6) is -0.276. The summed E-state index contributed by atoms with van der Waals surface area (Å²) in [6, 6.07) is 14.4. The molecule has 0 amide bonds. The van der Waals surface area contributed by atoms with Gasteiger partial charge < -0.3 is 9.84 Å². The maximum Gasteiger partial charge on any atom is 0.335 e. The quantitative estimate of drug-likeness (QED) is 0.749. The lowest BCUT2D eigenvalue weighted by Crippen LogP contribution is -1.94. The Labute approximate surface area is 130 Å². The number of thiophene rings is 1. The van der Waals surface area contributed by atoms with Crippen molar-refractivity contribution in [2.24, 2.45) is 0 Å². The molecule has 0 atom stereocenters. The average molecular weight is 319 g/mol. The van der Waals surface area contributed by atoms with E-state index in [9.17, 15) is 4.79 Å². The lowest BCUT2D eigenvalue weighted by Gasteiger charge is -2.05. The van der Waals surface area contributed by atoms with Crippen LogP contribution in [0.3, 0.4) is 0 Å². The van der Waals surface area contributed by atoms with Crippen LogP contribution in [-0.4, -0.2) is 11.1 Å². The molecule has 0 radical (unpaired) electrons. The normalized spacial score (nSPS) is 10.7. The van der Waals surface area contributed by atoms with Gasteiger partial charge in [0.1, 0.15) is 12.4 Å². The molecule has 1 N–H and O–H groups in total. The predicted molar refractivity (Wildman–Crippen MR) is 84.6 cm³/mol. The first kappa shape index (κ1) is 13.9. The summed E-state index contributed by atoms with van der Waals surface area (Å²) in [6.07, 6.45) is 0. The summed E-state index contributed by atoms with van der Waals surface area (Å²) >= 11 is 7.56. The lowest BCUT2D eigenvalue weighted by molar-refractivity contribution is 0.0697. The van der Waals surface area contributed by atoms with Crippen LogP contribution in [-0.2, 0) is 6.61 Å². The Morgan fingerprint density at radius 1 is 1.19 bits per heavy atom. The van der Waals surface area contributed by atoms with Crippen LogP contribution in [0.2, 0.25) is 5.02 Å². The Bertz CT molecular complexity index is 810. The van der Waals surface area contributed by atoms with Crippen LogP contribution in [0.1, 0.15) is 15.2 Å². The predicted octanol–water partition coefficient (Wildman–Crippen LogP) is 4.83. The molecule has 0 unspecified atom stereocenters. The molecule has 1 aromatic heterocycles. The first-order valence-electron chi connectivity index (χ1n) is 6.26. The van der Waals surface area contributed by atoms with Gasteiger partial charge in [0.25, 0.3) is 0 Å². The fourth-order valence-electron chi connectivity index (χ4n) is 2.00. The summed E-state index contributed by atoms with van der Waals surface area (Å²) < 4.78 is 6.63. The molecule has 3 aromatic rings. The highest BCUT2D eigenvalue weighted by Gasteiger charge is 2.08. The minimum absolute atomic E-state index is 0.294. The van der Waals surface area contributed by atoms with Gasteiger partial charge in [0.15, 0.2) is 0 Å². The molecule has 0 saturated carbocycles. The van der Waals surface area contributed by atoms with Crippen LogP contribution in [0.5, 0.6) is 5.75 Å². The second kappa shape index (κ2) is 5.76. The zero-order valence-corrected chi connectivity index (χ0v) is 12.4. The van der Waals surface area contributed by atoms with Gasteiger partial charge in [-0.3, -0.25) is 0 Å². The molecule has 0 aliphatic heterocycles. The molecule has 106 valence electrons. The van der Waals surface area contributed by atoms with E-state index >= 15 is 0 Å².